The number of rotatable bonds is 2. The number of aryl methyl sites for hydroxylation is 1. The van der Waals surface area contributed by atoms with Gasteiger partial charge in [-0.15, -0.1) is 0 Å². The van der Waals surface area contributed by atoms with Gasteiger partial charge in [0.2, 0.25) is 0 Å². The van der Waals surface area contributed by atoms with E-state index >= 15 is 0 Å². The highest BCUT2D eigenvalue weighted by Gasteiger charge is 2.12. The van der Waals surface area contributed by atoms with Crippen molar-refractivity contribution in [2.24, 2.45) is 0 Å². The van der Waals surface area contributed by atoms with E-state index in [1.807, 2.05) is 0 Å². The van der Waals surface area contributed by atoms with Crippen LogP contribution >= 0.6 is 0 Å². The Morgan fingerprint density at radius 3 is 2.54 bits per heavy atom. The Bertz CT molecular complexity index is 348. The molecule has 0 saturated carbocycles. The lowest BCUT2D eigenvalue weighted by Crippen LogP contribution is -2.04. The molecule has 70 valence electrons. The van der Waals surface area contributed by atoms with Gasteiger partial charge in [0.05, 0.1) is 6.42 Å². The van der Waals surface area contributed by atoms with E-state index < -0.39 is 24.0 Å². The van der Waals surface area contributed by atoms with Gasteiger partial charge < -0.3 is 5.11 Å². The third kappa shape index (κ3) is 2.02. The molecule has 1 aromatic carbocycles. The van der Waals surface area contributed by atoms with Gasteiger partial charge >= 0.3 is 5.97 Å². The molecule has 0 aliphatic heterocycles. The van der Waals surface area contributed by atoms with Crippen LogP contribution in [0.2, 0.25) is 0 Å². The number of carboxylic acids is 1. The second-order valence-electron chi connectivity index (χ2n) is 2.74. The van der Waals surface area contributed by atoms with Crippen LogP contribution in [0.1, 0.15) is 11.1 Å². The minimum Gasteiger partial charge on any atom is -0.481 e. The zero-order chi connectivity index (χ0) is 10.0. The monoisotopic (exact) mass is 186 g/mol. The molecule has 2 nitrogen and oxygen atoms in total. The summed E-state index contributed by atoms with van der Waals surface area (Å²) in [6.07, 6.45) is -0.497. The topological polar surface area (TPSA) is 37.3 Å². The number of aliphatic carboxylic acids is 1. The van der Waals surface area contributed by atoms with Crippen molar-refractivity contribution in [3.8, 4) is 0 Å². The Balaban J connectivity index is 3.10. The normalized spacial score (nSPS) is 10.1. The maximum atomic E-state index is 13.0. The Morgan fingerprint density at radius 2 is 2.00 bits per heavy atom. The molecule has 0 radical (unpaired) electrons. The quantitative estimate of drug-likeness (QED) is 0.765. The molecule has 0 heterocycles. The van der Waals surface area contributed by atoms with Gasteiger partial charge in [-0.05, 0) is 12.5 Å². The van der Waals surface area contributed by atoms with Crippen LogP contribution in [0, 0.1) is 18.6 Å². The molecule has 1 rings (SSSR count). The molecule has 1 N–H and O–H groups in total. The molecule has 0 aliphatic rings. The number of benzene rings is 1. The first-order chi connectivity index (χ1) is 6.02. The summed E-state index contributed by atoms with van der Waals surface area (Å²) < 4.78 is 25.9. The van der Waals surface area contributed by atoms with Crippen LogP contribution in [0.25, 0.3) is 0 Å². The molecule has 0 amide bonds. The average Bonchev–Trinajstić information content (AvgIpc) is 2.06. The molecule has 0 saturated heterocycles. The molecular weight excluding hydrogens is 178 g/mol. The lowest BCUT2D eigenvalue weighted by Gasteiger charge is -2.02. The van der Waals surface area contributed by atoms with Crippen molar-refractivity contribution in [3.05, 3.63) is 34.9 Å². The second-order valence-corrected chi connectivity index (χ2v) is 2.74. The van der Waals surface area contributed by atoms with E-state index in [4.69, 9.17) is 5.11 Å². The molecule has 4 heteroatoms. The SMILES string of the molecule is Cc1ccc(CC(=O)O)c(F)c1F. The summed E-state index contributed by atoms with van der Waals surface area (Å²) in [4.78, 5) is 10.2. The van der Waals surface area contributed by atoms with Crippen LogP contribution in [-0.2, 0) is 11.2 Å². The van der Waals surface area contributed by atoms with Crippen molar-refractivity contribution < 1.29 is 18.7 Å². The van der Waals surface area contributed by atoms with Gasteiger partial charge in [-0.25, -0.2) is 8.78 Å². The fourth-order valence-electron chi connectivity index (χ4n) is 0.985. The number of hydrogen-bond donors (Lipinski definition) is 1. The lowest BCUT2D eigenvalue weighted by atomic mass is 10.1. The van der Waals surface area contributed by atoms with Gasteiger partial charge in [0.1, 0.15) is 0 Å². The summed E-state index contributed by atoms with van der Waals surface area (Å²) >= 11 is 0. The molecule has 0 aliphatic carbocycles. The molecule has 13 heavy (non-hydrogen) atoms. The summed E-state index contributed by atoms with van der Waals surface area (Å²) in [5.41, 5.74) is 0.0437. The Kier molecular flexibility index (Phi) is 2.60. The highest BCUT2D eigenvalue weighted by Crippen LogP contribution is 2.15. The first-order valence-corrected chi connectivity index (χ1v) is 3.67. The van der Waals surface area contributed by atoms with Gasteiger partial charge in [0.15, 0.2) is 11.6 Å². The van der Waals surface area contributed by atoms with Gasteiger partial charge in [-0.2, -0.15) is 0 Å². The third-order valence-corrected chi connectivity index (χ3v) is 1.70. The smallest absolute Gasteiger partial charge is 0.307 e. The Labute approximate surface area is 73.8 Å². The highest BCUT2D eigenvalue weighted by molar-refractivity contribution is 5.70. The van der Waals surface area contributed by atoms with Crippen molar-refractivity contribution in [2.45, 2.75) is 13.3 Å². The molecule has 0 atom stereocenters. The van der Waals surface area contributed by atoms with E-state index in [1.165, 1.54) is 19.1 Å². The van der Waals surface area contributed by atoms with Crippen molar-refractivity contribution in [3.63, 3.8) is 0 Å². The largest absolute Gasteiger partial charge is 0.481 e. The van der Waals surface area contributed by atoms with E-state index in [1.54, 1.807) is 0 Å². The predicted molar refractivity (Wildman–Crippen MR) is 42.4 cm³/mol. The summed E-state index contributed by atoms with van der Waals surface area (Å²) in [5.74, 6) is -3.22. The molecule has 1 aromatic rings. The summed E-state index contributed by atoms with van der Waals surface area (Å²) in [6, 6.07) is 2.64. The minimum atomic E-state index is -1.18. The first-order valence-electron chi connectivity index (χ1n) is 3.67. The standard InChI is InChI=1S/C9H8F2O2/c1-5-2-3-6(4-7(12)13)9(11)8(5)10/h2-3H,4H2,1H3,(H,12,13). The Hall–Kier alpha value is -1.45. The van der Waals surface area contributed by atoms with Gasteiger partial charge in [-0.3, -0.25) is 4.79 Å². The van der Waals surface area contributed by atoms with Crippen LogP contribution in [0.15, 0.2) is 12.1 Å². The fourth-order valence-corrected chi connectivity index (χ4v) is 0.985. The molecular formula is C9H8F2O2. The Morgan fingerprint density at radius 1 is 1.38 bits per heavy atom. The van der Waals surface area contributed by atoms with E-state index in [0.717, 1.165) is 0 Å². The summed E-state index contributed by atoms with van der Waals surface area (Å²) in [7, 11) is 0. The van der Waals surface area contributed by atoms with Crippen molar-refractivity contribution >= 4 is 5.97 Å². The first kappa shape index (κ1) is 9.64. The van der Waals surface area contributed by atoms with Crippen molar-refractivity contribution in [1.82, 2.24) is 0 Å². The second kappa shape index (κ2) is 3.51. The van der Waals surface area contributed by atoms with Crippen LogP contribution < -0.4 is 0 Å². The number of carboxylic acid groups (broad SMARTS) is 1. The van der Waals surface area contributed by atoms with Gasteiger partial charge in [-0.1, -0.05) is 12.1 Å². The molecule has 0 fully saturated rings. The van der Waals surface area contributed by atoms with Crippen molar-refractivity contribution in [2.75, 3.05) is 0 Å². The maximum Gasteiger partial charge on any atom is 0.307 e. The molecule has 0 bridgehead atoms. The third-order valence-electron chi connectivity index (χ3n) is 1.70. The summed E-state index contributed by atoms with van der Waals surface area (Å²) in [6.45, 7) is 1.42. The van der Waals surface area contributed by atoms with Crippen LogP contribution in [-0.4, -0.2) is 11.1 Å². The maximum absolute atomic E-state index is 13.0. The fraction of sp³-hybridized carbons (Fsp3) is 0.222. The van der Waals surface area contributed by atoms with Gasteiger partial charge in [0.25, 0.3) is 0 Å². The highest BCUT2D eigenvalue weighted by atomic mass is 19.2. The molecule has 0 aromatic heterocycles. The minimum absolute atomic E-state index is 0.129. The van der Waals surface area contributed by atoms with E-state index in [-0.39, 0.29) is 11.1 Å². The molecule has 0 spiro atoms. The number of hydrogen-bond acceptors (Lipinski definition) is 1. The van der Waals surface area contributed by atoms with E-state index in [2.05, 4.69) is 0 Å². The van der Waals surface area contributed by atoms with Crippen LogP contribution in [0.4, 0.5) is 8.78 Å². The summed E-state index contributed by atoms with van der Waals surface area (Å²) in [5, 5.41) is 8.36. The average molecular weight is 186 g/mol. The number of halogens is 2. The van der Waals surface area contributed by atoms with Crippen LogP contribution in [0.3, 0.4) is 0 Å². The zero-order valence-electron chi connectivity index (χ0n) is 6.97. The molecule has 0 unspecified atom stereocenters. The van der Waals surface area contributed by atoms with Crippen molar-refractivity contribution in [1.29, 1.82) is 0 Å². The van der Waals surface area contributed by atoms with Crippen LogP contribution in [0.5, 0.6) is 0 Å². The lowest BCUT2D eigenvalue weighted by molar-refractivity contribution is -0.136. The van der Waals surface area contributed by atoms with E-state index in [0.29, 0.717) is 0 Å². The van der Waals surface area contributed by atoms with E-state index in [9.17, 15) is 13.6 Å². The predicted octanol–water partition coefficient (Wildman–Crippen LogP) is 1.90. The zero-order valence-corrected chi connectivity index (χ0v) is 6.97. The number of carbonyl (C=O) groups is 1. The van der Waals surface area contributed by atoms with Gasteiger partial charge in [0, 0.05) is 5.56 Å².